The third kappa shape index (κ3) is 11.0. The number of nitrogens with zero attached hydrogens (tertiary/aromatic N) is 5. The van der Waals surface area contributed by atoms with Crippen molar-refractivity contribution in [1.29, 1.82) is 0 Å². The van der Waals surface area contributed by atoms with Crippen LogP contribution in [0.2, 0.25) is 5.02 Å². The minimum absolute atomic E-state index is 0.0283. The van der Waals surface area contributed by atoms with Crippen molar-refractivity contribution in [2.45, 2.75) is 69.8 Å². The van der Waals surface area contributed by atoms with Crippen LogP contribution in [0.25, 0.3) is 0 Å². The summed E-state index contributed by atoms with van der Waals surface area (Å²) >= 11 is 6.13. The minimum atomic E-state index is -4.81. The summed E-state index contributed by atoms with van der Waals surface area (Å²) in [5.74, 6) is -1.79. The van der Waals surface area contributed by atoms with Gasteiger partial charge in [-0.05, 0) is 68.4 Å². The Morgan fingerprint density at radius 2 is 1.59 bits per heavy atom. The molecule has 1 atom stereocenters. The molecule has 3 fully saturated rings. The number of benzene rings is 2. The molecule has 2 aromatic rings. The molecule has 0 unspecified atom stereocenters. The third-order valence-electron chi connectivity index (χ3n) is 11.6. The van der Waals surface area contributed by atoms with Crippen molar-refractivity contribution >= 4 is 47.0 Å². The average molecular weight is 850 g/mol. The van der Waals surface area contributed by atoms with Crippen molar-refractivity contribution in [3.05, 3.63) is 69.6 Å². The van der Waals surface area contributed by atoms with Crippen LogP contribution in [0.1, 0.15) is 49.3 Å². The van der Waals surface area contributed by atoms with Crippen molar-refractivity contribution in [2.75, 3.05) is 83.1 Å². The number of likely N-dealkylation sites (tertiary alicyclic amines) is 2. The molecule has 0 radical (unpaired) electrons. The first kappa shape index (κ1) is 43.6. The molecule has 4 heterocycles. The Morgan fingerprint density at radius 1 is 0.932 bits per heavy atom. The predicted octanol–water partition coefficient (Wildman–Crippen LogP) is 5.04. The quantitative estimate of drug-likeness (QED) is 0.143. The summed E-state index contributed by atoms with van der Waals surface area (Å²) < 4.78 is 52.6. The second-order valence-corrected chi connectivity index (χ2v) is 15.8. The van der Waals surface area contributed by atoms with Gasteiger partial charge in [-0.3, -0.25) is 19.4 Å². The fourth-order valence-corrected chi connectivity index (χ4v) is 8.39. The number of carbonyl (C=O) groups excluding carboxylic acids is 4. The molecule has 0 aliphatic carbocycles. The number of hydrogen-bond acceptors (Lipinski definition) is 11. The summed E-state index contributed by atoms with van der Waals surface area (Å²) in [6.45, 7) is 4.80. The van der Waals surface area contributed by atoms with E-state index in [0.29, 0.717) is 65.1 Å². The number of anilines is 2. The van der Waals surface area contributed by atoms with Gasteiger partial charge in [-0.25, -0.2) is 9.59 Å². The monoisotopic (exact) mass is 849 g/mol. The first-order valence-corrected chi connectivity index (χ1v) is 20.2. The van der Waals surface area contributed by atoms with Crippen molar-refractivity contribution in [2.24, 2.45) is 0 Å². The number of rotatable bonds is 10. The van der Waals surface area contributed by atoms with E-state index in [0.717, 1.165) is 30.2 Å². The molecular formula is C40H51ClF3N7O8. The number of fused-ring (bicyclic) bond motifs is 1. The number of piperidine rings is 2. The van der Waals surface area contributed by atoms with Crippen molar-refractivity contribution in [1.82, 2.24) is 24.5 Å². The predicted molar refractivity (Wildman–Crippen MR) is 212 cm³/mol. The van der Waals surface area contributed by atoms with E-state index in [2.05, 4.69) is 10.2 Å². The van der Waals surface area contributed by atoms with Gasteiger partial charge in [-0.1, -0.05) is 29.8 Å². The molecule has 322 valence electrons. The number of halogens is 4. The lowest BCUT2D eigenvalue weighted by molar-refractivity contribution is -0.145. The molecular weight excluding hydrogens is 799 g/mol. The van der Waals surface area contributed by atoms with Gasteiger partial charge in [-0.2, -0.15) is 13.2 Å². The topological polar surface area (TPSA) is 181 Å². The number of aliphatic hydroxyl groups excluding tert-OH is 2. The van der Waals surface area contributed by atoms with Crippen LogP contribution < -0.4 is 11.1 Å². The number of amides is 4. The van der Waals surface area contributed by atoms with Crippen LogP contribution in [0, 0.1) is 0 Å². The molecule has 0 saturated carbocycles. The third-order valence-corrected chi connectivity index (χ3v) is 11.9. The van der Waals surface area contributed by atoms with E-state index >= 15 is 0 Å². The summed E-state index contributed by atoms with van der Waals surface area (Å²) in [5.41, 5.74) is 5.72. The highest BCUT2D eigenvalue weighted by Gasteiger charge is 2.38. The van der Waals surface area contributed by atoms with E-state index < -0.39 is 53.9 Å². The Balaban J connectivity index is 1.06. The number of hydrogen-bond donors (Lipinski definition) is 4. The number of allylic oxidation sites excluding steroid dienone is 1. The smallest absolute Gasteiger partial charge is 0.418 e. The molecule has 59 heavy (non-hydrogen) atoms. The molecule has 4 aliphatic heterocycles. The lowest BCUT2D eigenvalue weighted by atomic mass is 10.0. The summed E-state index contributed by atoms with van der Waals surface area (Å²) in [4.78, 5) is 62.2. The largest absolute Gasteiger partial charge is 0.509 e. The van der Waals surface area contributed by atoms with E-state index in [1.165, 1.54) is 17.9 Å². The van der Waals surface area contributed by atoms with Crippen molar-refractivity contribution < 1.29 is 52.0 Å². The molecule has 4 amide bonds. The van der Waals surface area contributed by atoms with Crippen LogP contribution >= 0.6 is 11.6 Å². The number of piperazine rings is 1. The SMILES string of the molecule is C/C(O)=C(/O)COC(=O)CN1CCC(N2CCN(C(=O)[C@@H](Cc3cc(Cl)c(N)c(C(F)(F)F)c3)OC(=O)N3CCC(N4CCc5ccccc5NC4=O)CC3)CC2)CC1. The summed E-state index contributed by atoms with van der Waals surface area (Å²) in [6.07, 6.45) is -4.28. The summed E-state index contributed by atoms with van der Waals surface area (Å²) in [5, 5.41) is 21.5. The van der Waals surface area contributed by atoms with Crippen LogP contribution in [0.4, 0.5) is 34.1 Å². The van der Waals surface area contributed by atoms with Crippen LogP contribution in [0.15, 0.2) is 47.9 Å². The second-order valence-electron chi connectivity index (χ2n) is 15.4. The van der Waals surface area contributed by atoms with E-state index in [4.69, 9.17) is 26.8 Å². The highest BCUT2D eigenvalue weighted by molar-refractivity contribution is 6.33. The van der Waals surface area contributed by atoms with Gasteiger partial charge in [0.2, 0.25) is 0 Å². The van der Waals surface area contributed by atoms with E-state index in [1.807, 2.05) is 29.2 Å². The highest BCUT2D eigenvalue weighted by atomic mass is 35.5. The Kier molecular flexibility index (Phi) is 14.0. The van der Waals surface area contributed by atoms with Gasteiger partial charge in [0.15, 0.2) is 18.5 Å². The second kappa shape index (κ2) is 19.0. The first-order valence-electron chi connectivity index (χ1n) is 19.8. The van der Waals surface area contributed by atoms with Crippen molar-refractivity contribution in [3.8, 4) is 0 Å². The van der Waals surface area contributed by atoms with E-state index in [1.54, 1.807) is 9.80 Å². The first-order chi connectivity index (χ1) is 28.1. The fraction of sp³-hybridized carbons (Fsp3) is 0.550. The van der Waals surface area contributed by atoms with Gasteiger partial charge < -0.3 is 45.4 Å². The minimum Gasteiger partial charge on any atom is -0.509 e. The summed E-state index contributed by atoms with van der Waals surface area (Å²) in [7, 11) is 0. The zero-order valence-corrected chi connectivity index (χ0v) is 33.6. The molecule has 0 spiro atoms. The number of nitrogens with two attached hydrogens (primary N) is 1. The number of alkyl halides is 3. The number of ether oxygens (including phenoxy) is 2. The Bertz CT molecular complexity index is 1890. The molecule has 6 rings (SSSR count). The van der Waals surface area contributed by atoms with Crippen LogP contribution in [0.3, 0.4) is 0 Å². The molecule has 19 heteroatoms. The number of esters is 1. The Labute approximate surface area is 345 Å². The maximum Gasteiger partial charge on any atom is 0.418 e. The molecule has 4 aliphatic rings. The molecule has 0 aromatic heterocycles. The molecule has 15 nitrogen and oxygen atoms in total. The van der Waals surface area contributed by atoms with Gasteiger partial charge in [0.1, 0.15) is 5.76 Å². The zero-order chi connectivity index (χ0) is 42.4. The van der Waals surface area contributed by atoms with E-state index in [9.17, 15) is 42.6 Å². The lowest BCUT2D eigenvalue weighted by Gasteiger charge is -2.43. The number of nitrogen functional groups attached to an aromatic ring is 1. The van der Waals surface area contributed by atoms with Gasteiger partial charge in [0.25, 0.3) is 5.91 Å². The standard InChI is InChI=1S/C40H51ClF3N7O8/c1-25(52)33(53)24-58-35(54)23-47-11-7-28(8-12-47)48-16-18-49(19-17-48)37(55)34(22-26-20-30(40(42,43)44)36(45)31(41)21-26)59-39(57)50-13-9-29(10-14-50)51-15-6-27-4-2-3-5-32(27)46-38(51)56/h2-5,20-21,28-29,34,52-53H,6-19,22-24,45H2,1H3,(H,46,56)/b33-25-/t34-/m1/s1. The van der Waals surface area contributed by atoms with Crippen molar-refractivity contribution in [3.63, 3.8) is 0 Å². The average Bonchev–Trinajstić information content (AvgIpc) is 3.38. The summed E-state index contributed by atoms with van der Waals surface area (Å²) in [6, 6.07) is 9.54. The molecule has 0 bridgehead atoms. The van der Waals surface area contributed by atoms with Crippen LogP contribution in [0.5, 0.6) is 0 Å². The molecule has 2 aromatic carbocycles. The van der Waals surface area contributed by atoms with Gasteiger partial charge in [-0.15, -0.1) is 0 Å². The number of carbonyl (C=O) groups is 4. The highest BCUT2D eigenvalue weighted by Crippen LogP contribution is 2.38. The molecule has 5 N–H and O–H groups in total. The van der Waals surface area contributed by atoms with E-state index in [-0.39, 0.29) is 60.5 Å². The Hall–Kier alpha value is -4.94. The normalized spacial score (nSPS) is 19.9. The molecule has 3 saturated heterocycles. The number of para-hydroxylation sites is 1. The zero-order valence-electron chi connectivity index (χ0n) is 32.9. The van der Waals surface area contributed by atoms with Crippen LogP contribution in [-0.4, -0.2) is 149 Å². The fourth-order valence-electron chi connectivity index (χ4n) is 8.15. The van der Waals surface area contributed by atoms with Gasteiger partial charge in [0.05, 0.1) is 22.8 Å². The maximum absolute atomic E-state index is 14.1. The van der Waals surface area contributed by atoms with Gasteiger partial charge >= 0.3 is 24.3 Å². The number of aliphatic hydroxyl groups is 2. The number of urea groups is 1. The Morgan fingerprint density at radius 3 is 2.25 bits per heavy atom. The maximum atomic E-state index is 14.1. The number of nitrogens with one attached hydrogen (secondary N) is 1. The van der Waals surface area contributed by atoms with Crippen LogP contribution in [-0.2, 0) is 38.1 Å². The lowest BCUT2D eigenvalue weighted by Crippen LogP contribution is -2.57. The van der Waals surface area contributed by atoms with Gasteiger partial charge in [0, 0.05) is 83.1 Å².